The minimum atomic E-state index is 1.16. The molecule has 2 aromatic heterocycles. The summed E-state index contributed by atoms with van der Waals surface area (Å²) in [6.45, 7) is 0. The van der Waals surface area contributed by atoms with Gasteiger partial charge in [0.2, 0.25) is 0 Å². The first kappa shape index (κ1) is 10.7. The van der Waals surface area contributed by atoms with Gasteiger partial charge in [0.15, 0.2) is 0 Å². The van der Waals surface area contributed by atoms with Gasteiger partial charge in [0.25, 0.3) is 0 Å². The first-order valence-electron chi connectivity index (χ1n) is 6.16. The van der Waals surface area contributed by atoms with E-state index in [9.17, 15) is 0 Å². The fourth-order valence-electron chi connectivity index (χ4n) is 2.46. The third-order valence-electron chi connectivity index (χ3n) is 3.29. The lowest BCUT2D eigenvalue weighted by molar-refractivity contribution is 1.33. The fourth-order valence-corrected chi connectivity index (χ4v) is 3.56. The second-order valence-electron chi connectivity index (χ2n) is 4.43. The van der Waals surface area contributed by atoms with Crippen molar-refractivity contribution in [2.45, 2.75) is 0 Å². The van der Waals surface area contributed by atoms with Gasteiger partial charge in [-0.2, -0.15) is 0 Å². The van der Waals surface area contributed by atoms with Crippen LogP contribution in [0.25, 0.3) is 31.3 Å². The smallest absolute Gasteiger partial charge is 0.0361 e. The summed E-state index contributed by atoms with van der Waals surface area (Å²) in [4.78, 5) is 4.23. The minimum absolute atomic E-state index is 1.16. The molecule has 0 saturated heterocycles. The van der Waals surface area contributed by atoms with E-state index in [1.807, 2.05) is 41.9 Å². The van der Waals surface area contributed by atoms with Crippen molar-refractivity contribution in [2.24, 2.45) is 0 Å². The molecule has 2 aromatic carbocycles. The quantitative estimate of drug-likeness (QED) is 0.473. The molecule has 0 aliphatic rings. The summed E-state index contributed by atoms with van der Waals surface area (Å²) < 4.78 is 2.59. The van der Waals surface area contributed by atoms with Crippen molar-refractivity contribution in [2.75, 3.05) is 0 Å². The highest BCUT2D eigenvalue weighted by molar-refractivity contribution is 7.25. The number of hydrogen-bond acceptors (Lipinski definition) is 2. The summed E-state index contributed by atoms with van der Waals surface area (Å²) in [6.07, 6.45) is 3.72. The van der Waals surface area contributed by atoms with E-state index in [-0.39, 0.29) is 0 Å². The lowest BCUT2D eigenvalue weighted by atomic mass is 10.0. The predicted molar refractivity (Wildman–Crippen MR) is 81.4 cm³/mol. The van der Waals surface area contributed by atoms with Crippen LogP contribution in [0.5, 0.6) is 0 Å². The molecule has 0 saturated carbocycles. The van der Waals surface area contributed by atoms with Gasteiger partial charge in [0.1, 0.15) is 0 Å². The molecule has 1 radical (unpaired) electrons. The molecular weight excluding hydrogens is 250 g/mol. The molecule has 0 N–H and O–H groups in total. The fraction of sp³-hybridized carbons (Fsp3) is 0. The number of benzene rings is 2. The third-order valence-corrected chi connectivity index (χ3v) is 4.41. The maximum Gasteiger partial charge on any atom is 0.0361 e. The molecule has 2 heterocycles. The molecule has 0 atom stereocenters. The molecule has 4 rings (SSSR count). The zero-order chi connectivity index (χ0) is 12.7. The molecular formula is C17H10NS. The van der Waals surface area contributed by atoms with Crippen LogP contribution in [-0.2, 0) is 0 Å². The molecule has 0 amide bonds. The first-order valence-corrected chi connectivity index (χ1v) is 6.97. The van der Waals surface area contributed by atoms with Crippen molar-refractivity contribution in [3.8, 4) is 11.1 Å². The van der Waals surface area contributed by atoms with Crippen LogP contribution in [0.15, 0.2) is 60.9 Å². The summed E-state index contributed by atoms with van der Waals surface area (Å²) in [5.41, 5.74) is 2.39. The van der Waals surface area contributed by atoms with Crippen LogP contribution in [0.1, 0.15) is 0 Å². The number of aromatic nitrogens is 1. The average molecular weight is 260 g/mol. The van der Waals surface area contributed by atoms with Gasteiger partial charge in [-0.05, 0) is 29.8 Å². The second-order valence-corrected chi connectivity index (χ2v) is 5.52. The van der Waals surface area contributed by atoms with E-state index in [1.54, 1.807) is 0 Å². The maximum atomic E-state index is 4.23. The van der Waals surface area contributed by atoms with Crippen LogP contribution in [0, 0.1) is 6.07 Å². The van der Waals surface area contributed by atoms with E-state index in [2.05, 4.69) is 41.4 Å². The van der Waals surface area contributed by atoms with E-state index < -0.39 is 0 Å². The number of pyridine rings is 1. The van der Waals surface area contributed by atoms with Gasteiger partial charge >= 0.3 is 0 Å². The Morgan fingerprint density at radius 1 is 0.947 bits per heavy atom. The standard InChI is InChI=1S/C17H10NS/c1-2-8-15-14(6-1)17-13(7-3-9-16(17)19-15)12-5-4-10-18-11-12/h1-5,7-11H. The molecule has 0 spiro atoms. The Morgan fingerprint density at radius 2 is 1.89 bits per heavy atom. The maximum absolute atomic E-state index is 4.23. The van der Waals surface area contributed by atoms with Crippen LogP contribution in [-0.4, -0.2) is 4.98 Å². The highest BCUT2D eigenvalue weighted by Gasteiger charge is 2.10. The Labute approximate surface area is 115 Å². The van der Waals surface area contributed by atoms with E-state index in [0.717, 1.165) is 5.56 Å². The van der Waals surface area contributed by atoms with Crippen LogP contribution in [0.4, 0.5) is 0 Å². The van der Waals surface area contributed by atoms with Gasteiger partial charge in [0, 0.05) is 38.1 Å². The molecule has 0 unspecified atom stereocenters. The molecule has 89 valence electrons. The van der Waals surface area contributed by atoms with Crippen LogP contribution >= 0.6 is 11.3 Å². The van der Waals surface area contributed by atoms with Crippen LogP contribution in [0.3, 0.4) is 0 Å². The normalized spacial score (nSPS) is 11.2. The largest absolute Gasteiger partial charge is 0.264 e. The predicted octanol–water partition coefficient (Wildman–Crippen LogP) is 4.92. The van der Waals surface area contributed by atoms with Gasteiger partial charge in [-0.25, -0.2) is 0 Å². The monoisotopic (exact) mass is 260 g/mol. The van der Waals surface area contributed by atoms with Gasteiger partial charge in [-0.15, -0.1) is 11.3 Å². The van der Waals surface area contributed by atoms with E-state index in [1.165, 1.54) is 25.7 Å². The molecule has 0 aliphatic heterocycles. The Morgan fingerprint density at radius 3 is 2.79 bits per heavy atom. The van der Waals surface area contributed by atoms with E-state index >= 15 is 0 Å². The second kappa shape index (κ2) is 4.18. The van der Waals surface area contributed by atoms with Gasteiger partial charge in [0.05, 0.1) is 0 Å². The first-order chi connectivity index (χ1) is 9.43. The number of hydrogen-bond donors (Lipinski definition) is 0. The van der Waals surface area contributed by atoms with Crippen molar-refractivity contribution in [3.63, 3.8) is 0 Å². The highest BCUT2D eigenvalue weighted by Crippen LogP contribution is 2.39. The van der Waals surface area contributed by atoms with Crippen molar-refractivity contribution < 1.29 is 0 Å². The Bertz CT molecular complexity index is 862. The molecule has 0 bridgehead atoms. The van der Waals surface area contributed by atoms with E-state index in [4.69, 9.17) is 0 Å². The zero-order valence-electron chi connectivity index (χ0n) is 10.1. The number of fused-ring (bicyclic) bond motifs is 3. The van der Waals surface area contributed by atoms with E-state index in [0.29, 0.717) is 0 Å². The van der Waals surface area contributed by atoms with Crippen molar-refractivity contribution >= 4 is 31.5 Å². The van der Waals surface area contributed by atoms with Gasteiger partial charge in [-0.3, -0.25) is 4.98 Å². The number of nitrogens with zero attached hydrogens (tertiary/aromatic N) is 1. The van der Waals surface area contributed by atoms with Crippen molar-refractivity contribution in [1.82, 2.24) is 4.98 Å². The Hall–Kier alpha value is -2.19. The van der Waals surface area contributed by atoms with Crippen molar-refractivity contribution in [1.29, 1.82) is 0 Å². The molecule has 1 nitrogen and oxygen atoms in total. The number of thiophene rings is 1. The summed E-state index contributed by atoms with van der Waals surface area (Å²) in [6, 6.07) is 20.1. The highest BCUT2D eigenvalue weighted by atomic mass is 32.1. The van der Waals surface area contributed by atoms with Gasteiger partial charge in [-0.1, -0.05) is 30.3 Å². The average Bonchev–Trinajstić information content (AvgIpc) is 2.86. The molecule has 2 heteroatoms. The molecule has 0 aliphatic carbocycles. The zero-order valence-corrected chi connectivity index (χ0v) is 10.9. The summed E-state index contributed by atoms with van der Waals surface area (Å²) in [7, 11) is 0. The summed E-state index contributed by atoms with van der Waals surface area (Å²) >= 11 is 1.82. The SMILES string of the molecule is [c]1cccc2sc3cccc(-c4cccnc4)c3c12. The van der Waals surface area contributed by atoms with Crippen molar-refractivity contribution in [3.05, 3.63) is 67.0 Å². The molecule has 0 fully saturated rings. The third kappa shape index (κ3) is 1.65. The van der Waals surface area contributed by atoms with Crippen LogP contribution in [0.2, 0.25) is 0 Å². The van der Waals surface area contributed by atoms with Crippen LogP contribution < -0.4 is 0 Å². The van der Waals surface area contributed by atoms with Gasteiger partial charge < -0.3 is 0 Å². The summed E-state index contributed by atoms with van der Waals surface area (Å²) in [5.74, 6) is 0. The Balaban J connectivity index is 2.17. The lowest BCUT2D eigenvalue weighted by Crippen LogP contribution is -1.80. The Kier molecular flexibility index (Phi) is 2.35. The minimum Gasteiger partial charge on any atom is -0.264 e. The molecule has 19 heavy (non-hydrogen) atoms. The molecule has 4 aromatic rings. The summed E-state index contributed by atoms with van der Waals surface area (Å²) in [5, 5.41) is 2.50. The number of rotatable bonds is 1. The topological polar surface area (TPSA) is 12.9 Å². The lowest BCUT2D eigenvalue weighted by Gasteiger charge is -2.03.